The molecule has 0 radical (unpaired) electrons. The fourth-order valence-corrected chi connectivity index (χ4v) is 3.11. The minimum atomic E-state index is -0.385. The second-order valence-corrected chi connectivity index (χ2v) is 6.41. The minimum absolute atomic E-state index is 0.197. The molecular formula is C17H23N5O3. The van der Waals surface area contributed by atoms with Gasteiger partial charge in [-0.25, -0.2) is 4.79 Å². The van der Waals surface area contributed by atoms with Crippen LogP contribution in [0.15, 0.2) is 27.9 Å². The van der Waals surface area contributed by atoms with E-state index in [-0.39, 0.29) is 17.8 Å². The van der Waals surface area contributed by atoms with E-state index in [0.29, 0.717) is 23.5 Å². The van der Waals surface area contributed by atoms with Gasteiger partial charge in [0.05, 0.1) is 6.54 Å². The van der Waals surface area contributed by atoms with Gasteiger partial charge in [-0.1, -0.05) is 12.2 Å². The molecule has 0 amide bonds. The third-order valence-electron chi connectivity index (χ3n) is 4.30. The highest BCUT2D eigenvalue weighted by Crippen LogP contribution is 2.16. The van der Waals surface area contributed by atoms with Gasteiger partial charge >= 0.3 is 5.69 Å². The van der Waals surface area contributed by atoms with Crippen LogP contribution in [0.2, 0.25) is 0 Å². The Morgan fingerprint density at radius 1 is 1.32 bits per heavy atom. The van der Waals surface area contributed by atoms with Gasteiger partial charge in [0.1, 0.15) is 0 Å². The lowest BCUT2D eigenvalue weighted by Gasteiger charge is -2.07. The van der Waals surface area contributed by atoms with Gasteiger partial charge in [0.25, 0.3) is 5.56 Å². The summed E-state index contributed by atoms with van der Waals surface area (Å²) < 4.78 is 11.5. The van der Waals surface area contributed by atoms with E-state index in [0.717, 1.165) is 24.2 Å². The second-order valence-electron chi connectivity index (χ2n) is 6.41. The molecule has 0 saturated carbocycles. The SMILES string of the molecule is C=C(C)Cn1c(=O)c2c(nc3n(CCCOC)c(C)cn23)n(C)c1=O. The maximum absolute atomic E-state index is 12.9. The van der Waals surface area contributed by atoms with Crippen molar-refractivity contribution in [2.24, 2.45) is 7.05 Å². The molecule has 0 aliphatic heterocycles. The van der Waals surface area contributed by atoms with E-state index in [1.54, 1.807) is 25.5 Å². The maximum atomic E-state index is 12.9. The van der Waals surface area contributed by atoms with Crippen LogP contribution in [0.4, 0.5) is 0 Å². The molecule has 8 nitrogen and oxygen atoms in total. The Bertz CT molecular complexity index is 1080. The number of rotatable bonds is 6. The number of aryl methyl sites for hydroxylation is 3. The van der Waals surface area contributed by atoms with Gasteiger partial charge in [-0.05, 0) is 20.3 Å². The molecule has 0 N–H and O–H groups in total. The number of methoxy groups -OCH3 is 1. The van der Waals surface area contributed by atoms with E-state index in [1.165, 1.54) is 9.13 Å². The zero-order chi connectivity index (χ0) is 18.3. The zero-order valence-corrected chi connectivity index (χ0v) is 15.1. The lowest BCUT2D eigenvalue weighted by atomic mass is 10.3. The quantitative estimate of drug-likeness (QED) is 0.495. The summed E-state index contributed by atoms with van der Waals surface area (Å²) in [5.74, 6) is 0.656. The van der Waals surface area contributed by atoms with Crippen LogP contribution in [0, 0.1) is 6.92 Å². The molecule has 3 aromatic rings. The lowest BCUT2D eigenvalue weighted by molar-refractivity contribution is 0.190. The van der Waals surface area contributed by atoms with Crippen LogP contribution in [0.1, 0.15) is 19.0 Å². The summed E-state index contributed by atoms with van der Waals surface area (Å²) in [5, 5.41) is 0. The number of allylic oxidation sites excluding steroid dienone is 1. The van der Waals surface area contributed by atoms with Gasteiger partial charge < -0.3 is 9.30 Å². The molecule has 0 bridgehead atoms. The first kappa shape index (κ1) is 17.2. The van der Waals surface area contributed by atoms with Gasteiger partial charge in [-0.15, -0.1) is 0 Å². The molecule has 0 unspecified atom stereocenters. The summed E-state index contributed by atoms with van der Waals surface area (Å²) in [7, 11) is 3.30. The predicted molar refractivity (Wildman–Crippen MR) is 96.2 cm³/mol. The van der Waals surface area contributed by atoms with Crippen molar-refractivity contribution in [2.45, 2.75) is 33.4 Å². The topological polar surface area (TPSA) is 75.5 Å². The molecule has 0 fully saturated rings. The number of fused-ring (bicyclic) bond motifs is 3. The summed E-state index contributed by atoms with van der Waals surface area (Å²) in [4.78, 5) is 30.0. The van der Waals surface area contributed by atoms with Crippen LogP contribution in [-0.2, 0) is 24.9 Å². The molecule has 0 saturated heterocycles. The fourth-order valence-electron chi connectivity index (χ4n) is 3.11. The number of ether oxygens (including phenoxy) is 1. The highest BCUT2D eigenvalue weighted by molar-refractivity contribution is 5.75. The van der Waals surface area contributed by atoms with Crippen molar-refractivity contribution in [3.8, 4) is 0 Å². The van der Waals surface area contributed by atoms with E-state index < -0.39 is 0 Å². The van der Waals surface area contributed by atoms with Crippen LogP contribution in [-0.4, -0.2) is 36.8 Å². The number of aromatic nitrogens is 5. The van der Waals surface area contributed by atoms with Crippen LogP contribution in [0.5, 0.6) is 0 Å². The average molecular weight is 345 g/mol. The second kappa shape index (κ2) is 6.36. The van der Waals surface area contributed by atoms with E-state index in [4.69, 9.17) is 4.74 Å². The van der Waals surface area contributed by atoms with Crippen molar-refractivity contribution in [3.05, 3.63) is 44.9 Å². The largest absolute Gasteiger partial charge is 0.385 e. The number of imidazole rings is 2. The van der Waals surface area contributed by atoms with Crippen molar-refractivity contribution in [1.29, 1.82) is 0 Å². The summed E-state index contributed by atoms with van der Waals surface area (Å²) in [6.07, 6.45) is 2.72. The predicted octanol–water partition coefficient (Wildman–Crippen LogP) is 1.07. The summed E-state index contributed by atoms with van der Waals surface area (Å²) >= 11 is 0. The van der Waals surface area contributed by atoms with E-state index in [9.17, 15) is 9.59 Å². The Balaban J connectivity index is 2.30. The first-order chi connectivity index (χ1) is 11.9. The molecular weight excluding hydrogens is 322 g/mol. The summed E-state index contributed by atoms with van der Waals surface area (Å²) in [5.41, 5.74) is 1.81. The molecule has 0 atom stereocenters. The Morgan fingerprint density at radius 3 is 2.68 bits per heavy atom. The Hall–Kier alpha value is -2.61. The highest BCUT2D eigenvalue weighted by Gasteiger charge is 2.19. The van der Waals surface area contributed by atoms with Gasteiger partial charge in [0, 0.05) is 39.2 Å². The van der Waals surface area contributed by atoms with E-state index >= 15 is 0 Å². The molecule has 3 rings (SSSR count). The first-order valence-electron chi connectivity index (χ1n) is 8.17. The first-order valence-corrected chi connectivity index (χ1v) is 8.17. The van der Waals surface area contributed by atoms with Crippen LogP contribution < -0.4 is 11.2 Å². The van der Waals surface area contributed by atoms with Crippen molar-refractivity contribution in [3.63, 3.8) is 0 Å². The van der Waals surface area contributed by atoms with Crippen molar-refractivity contribution >= 4 is 16.9 Å². The molecule has 0 aliphatic carbocycles. The minimum Gasteiger partial charge on any atom is -0.385 e. The van der Waals surface area contributed by atoms with Crippen molar-refractivity contribution in [2.75, 3.05) is 13.7 Å². The Kier molecular flexibility index (Phi) is 4.38. The smallest absolute Gasteiger partial charge is 0.332 e. The van der Waals surface area contributed by atoms with Crippen molar-refractivity contribution < 1.29 is 4.74 Å². The summed E-state index contributed by atoms with van der Waals surface area (Å²) in [6.45, 7) is 9.14. The molecule has 0 aromatic carbocycles. The Morgan fingerprint density at radius 2 is 2.04 bits per heavy atom. The van der Waals surface area contributed by atoms with Crippen LogP contribution in [0.25, 0.3) is 16.9 Å². The zero-order valence-electron chi connectivity index (χ0n) is 15.1. The molecule has 25 heavy (non-hydrogen) atoms. The van der Waals surface area contributed by atoms with Gasteiger partial charge in [0.15, 0.2) is 11.2 Å². The van der Waals surface area contributed by atoms with Gasteiger partial charge in [-0.3, -0.25) is 18.3 Å². The van der Waals surface area contributed by atoms with Gasteiger partial charge in [0.2, 0.25) is 5.78 Å². The monoisotopic (exact) mass is 345 g/mol. The molecule has 3 aromatic heterocycles. The van der Waals surface area contributed by atoms with E-state index in [1.807, 2.05) is 17.7 Å². The fraction of sp³-hybridized carbons (Fsp3) is 0.471. The number of nitrogens with zero attached hydrogens (tertiary/aromatic N) is 5. The van der Waals surface area contributed by atoms with Crippen LogP contribution >= 0.6 is 0 Å². The highest BCUT2D eigenvalue weighted by atomic mass is 16.5. The number of hydrogen-bond donors (Lipinski definition) is 0. The number of hydrogen-bond acceptors (Lipinski definition) is 4. The van der Waals surface area contributed by atoms with Crippen molar-refractivity contribution in [1.82, 2.24) is 23.1 Å². The summed E-state index contributed by atoms with van der Waals surface area (Å²) in [6, 6.07) is 0. The van der Waals surface area contributed by atoms with E-state index in [2.05, 4.69) is 11.6 Å². The molecule has 0 spiro atoms. The normalized spacial score (nSPS) is 11.7. The third-order valence-corrected chi connectivity index (χ3v) is 4.30. The average Bonchev–Trinajstić information content (AvgIpc) is 3.06. The Labute approximate surface area is 144 Å². The standard InChI is InChI=1S/C17H23N5O3/c1-11(2)9-22-15(23)13-14(19(4)17(22)24)18-16-20(7-6-8-25-5)12(3)10-21(13)16/h10H,1,6-9H2,2-5H3. The molecule has 3 heterocycles. The van der Waals surface area contributed by atoms with Crippen LogP contribution in [0.3, 0.4) is 0 Å². The van der Waals surface area contributed by atoms with Gasteiger partial charge in [-0.2, -0.15) is 4.98 Å². The lowest BCUT2D eigenvalue weighted by Crippen LogP contribution is -2.39. The molecule has 8 heteroatoms. The molecule has 134 valence electrons. The molecule has 0 aliphatic rings. The maximum Gasteiger partial charge on any atom is 0.332 e. The third kappa shape index (κ3) is 2.72.